The molecule has 0 bridgehead atoms. The Balaban J connectivity index is 2.39. The van der Waals surface area contributed by atoms with Crippen LogP contribution in [0.2, 0.25) is 4.47 Å². The van der Waals surface area contributed by atoms with E-state index in [-0.39, 0.29) is 12.5 Å². The van der Waals surface area contributed by atoms with E-state index < -0.39 is 0 Å². The van der Waals surface area contributed by atoms with Crippen LogP contribution in [0.4, 0.5) is 5.82 Å². The van der Waals surface area contributed by atoms with E-state index in [4.69, 9.17) is 11.6 Å². The second-order valence-electron chi connectivity index (χ2n) is 2.63. The van der Waals surface area contributed by atoms with Crippen molar-refractivity contribution in [3.05, 3.63) is 9.85 Å². The van der Waals surface area contributed by atoms with Gasteiger partial charge in [0.15, 0.2) is 4.47 Å². The Hall–Kier alpha value is -0.810. The number of aromatic nitrogens is 1. The number of hydrogen-bond donors (Lipinski definition) is 1. The molecule has 0 aliphatic carbocycles. The maximum absolute atomic E-state index is 11.1. The first kappa shape index (κ1) is 10.3. The molecule has 1 aromatic heterocycles. The minimum Gasteiger partial charge on any atom is -0.360 e. The summed E-state index contributed by atoms with van der Waals surface area (Å²) in [7, 11) is 3.41. The normalized spacial score (nSPS) is 9.77. The number of carbonyl (C=O) groups is 1. The zero-order valence-electron chi connectivity index (χ0n) is 7.37. The molecule has 1 heterocycles. The quantitative estimate of drug-likeness (QED) is 0.834. The Morgan fingerprint density at radius 3 is 2.92 bits per heavy atom. The van der Waals surface area contributed by atoms with Gasteiger partial charge in [-0.3, -0.25) is 4.79 Å². The van der Waals surface area contributed by atoms with Gasteiger partial charge < -0.3 is 10.2 Å². The summed E-state index contributed by atoms with van der Waals surface area (Å²) in [6, 6.07) is 0. The summed E-state index contributed by atoms with van der Waals surface area (Å²) < 4.78 is 0.472. The van der Waals surface area contributed by atoms with Crippen LogP contribution in [-0.2, 0) is 4.79 Å². The third-order valence-electron chi connectivity index (χ3n) is 1.40. The van der Waals surface area contributed by atoms with E-state index in [1.54, 1.807) is 19.5 Å². The van der Waals surface area contributed by atoms with Gasteiger partial charge in [-0.25, -0.2) is 4.98 Å². The van der Waals surface area contributed by atoms with Crippen molar-refractivity contribution in [2.24, 2.45) is 0 Å². The Morgan fingerprint density at radius 2 is 2.46 bits per heavy atom. The summed E-state index contributed by atoms with van der Waals surface area (Å²) in [6.07, 6.45) is 0. The first-order valence-electron chi connectivity index (χ1n) is 3.64. The molecule has 1 rings (SSSR count). The molecule has 0 spiro atoms. The highest BCUT2D eigenvalue weighted by atomic mass is 35.5. The van der Waals surface area contributed by atoms with E-state index in [0.717, 1.165) is 0 Å². The summed E-state index contributed by atoms with van der Waals surface area (Å²) in [5.41, 5.74) is 0. The van der Waals surface area contributed by atoms with E-state index in [1.807, 2.05) is 0 Å². The number of hydrogen-bond acceptors (Lipinski definition) is 4. The fourth-order valence-electron chi connectivity index (χ4n) is 0.657. The van der Waals surface area contributed by atoms with Gasteiger partial charge in [-0.15, -0.1) is 11.3 Å². The SMILES string of the molecule is CN(C)C(=O)CNc1csc(Cl)n1. The molecule has 1 aromatic rings. The van der Waals surface area contributed by atoms with Crippen molar-refractivity contribution in [1.29, 1.82) is 0 Å². The van der Waals surface area contributed by atoms with Crippen LogP contribution in [-0.4, -0.2) is 36.4 Å². The van der Waals surface area contributed by atoms with Crippen LogP contribution < -0.4 is 5.32 Å². The van der Waals surface area contributed by atoms with Gasteiger partial charge in [-0.2, -0.15) is 0 Å². The zero-order chi connectivity index (χ0) is 9.84. The van der Waals surface area contributed by atoms with Crippen LogP contribution in [0.25, 0.3) is 0 Å². The summed E-state index contributed by atoms with van der Waals surface area (Å²) >= 11 is 6.94. The number of amides is 1. The Bertz CT molecular complexity index is 300. The van der Waals surface area contributed by atoms with E-state index in [9.17, 15) is 4.79 Å². The number of likely N-dealkylation sites (N-methyl/N-ethyl adjacent to an activating group) is 1. The molecule has 0 aliphatic heterocycles. The van der Waals surface area contributed by atoms with Crippen LogP contribution in [0, 0.1) is 0 Å². The van der Waals surface area contributed by atoms with Crippen molar-refractivity contribution in [3.8, 4) is 0 Å². The van der Waals surface area contributed by atoms with Crippen LogP contribution >= 0.6 is 22.9 Å². The fourth-order valence-corrected chi connectivity index (χ4v) is 1.38. The van der Waals surface area contributed by atoms with Crippen molar-refractivity contribution in [3.63, 3.8) is 0 Å². The van der Waals surface area contributed by atoms with Crippen LogP contribution in [0.15, 0.2) is 5.38 Å². The van der Waals surface area contributed by atoms with Gasteiger partial charge in [0.2, 0.25) is 5.91 Å². The van der Waals surface area contributed by atoms with Gasteiger partial charge in [0.1, 0.15) is 5.82 Å². The lowest BCUT2D eigenvalue weighted by Crippen LogP contribution is -2.28. The summed E-state index contributed by atoms with van der Waals surface area (Å²) in [5, 5.41) is 4.64. The summed E-state index contributed by atoms with van der Waals surface area (Å²) in [5.74, 6) is 0.648. The van der Waals surface area contributed by atoms with Crippen molar-refractivity contribution in [2.45, 2.75) is 0 Å². The lowest BCUT2D eigenvalue weighted by molar-refractivity contribution is -0.126. The highest BCUT2D eigenvalue weighted by Crippen LogP contribution is 2.18. The Morgan fingerprint density at radius 1 is 1.77 bits per heavy atom. The van der Waals surface area contributed by atoms with E-state index in [2.05, 4.69) is 10.3 Å². The van der Waals surface area contributed by atoms with Gasteiger partial charge in [0.05, 0.1) is 6.54 Å². The predicted octanol–water partition coefficient (Wildman–Crippen LogP) is 1.30. The topological polar surface area (TPSA) is 45.2 Å². The minimum atomic E-state index is 0.00382. The lowest BCUT2D eigenvalue weighted by Gasteiger charge is -2.09. The number of anilines is 1. The third-order valence-corrected chi connectivity index (χ3v) is 2.37. The van der Waals surface area contributed by atoms with Gasteiger partial charge in [0.25, 0.3) is 0 Å². The molecule has 0 atom stereocenters. The largest absolute Gasteiger partial charge is 0.360 e. The molecular weight excluding hydrogens is 210 g/mol. The number of rotatable bonds is 3. The first-order valence-corrected chi connectivity index (χ1v) is 4.90. The highest BCUT2D eigenvalue weighted by Gasteiger charge is 2.04. The Kier molecular flexibility index (Phi) is 3.50. The highest BCUT2D eigenvalue weighted by molar-refractivity contribution is 7.14. The number of carbonyl (C=O) groups excluding carboxylic acids is 1. The minimum absolute atomic E-state index is 0.00382. The van der Waals surface area contributed by atoms with Crippen LogP contribution in [0.5, 0.6) is 0 Å². The van der Waals surface area contributed by atoms with Crippen LogP contribution in [0.3, 0.4) is 0 Å². The molecule has 72 valence electrons. The molecule has 0 radical (unpaired) electrons. The molecule has 0 aromatic carbocycles. The average Bonchev–Trinajstić information content (AvgIpc) is 2.47. The van der Waals surface area contributed by atoms with Gasteiger partial charge in [-0.05, 0) is 0 Å². The molecule has 0 unspecified atom stereocenters. The van der Waals surface area contributed by atoms with E-state index in [1.165, 1.54) is 16.2 Å². The predicted molar refractivity (Wildman–Crippen MR) is 54.3 cm³/mol. The maximum Gasteiger partial charge on any atom is 0.241 e. The number of nitrogens with zero attached hydrogens (tertiary/aromatic N) is 2. The van der Waals surface area contributed by atoms with Gasteiger partial charge in [0, 0.05) is 19.5 Å². The van der Waals surface area contributed by atoms with E-state index >= 15 is 0 Å². The van der Waals surface area contributed by atoms with Gasteiger partial charge >= 0.3 is 0 Å². The molecule has 0 saturated heterocycles. The Labute approximate surface area is 85.5 Å². The maximum atomic E-state index is 11.1. The standard InChI is InChI=1S/C7H10ClN3OS/c1-11(2)6(12)3-9-5-4-13-7(8)10-5/h4,9H,3H2,1-2H3. The lowest BCUT2D eigenvalue weighted by atomic mass is 10.5. The number of nitrogens with one attached hydrogen (secondary N) is 1. The second-order valence-corrected chi connectivity index (χ2v) is 4.07. The smallest absolute Gasteiger partial charge is 0.241 e. The van der Waals surface area contributed by atoms with Crippen LogP contribution in [0.1, 0.15) is 0 Å². The molecule has 4 nitrogen and oxygen atoms in total. The molecule has 0 saturated carbocycles. The molecule has 0 aliphatic rings. The number of thiazole rings is 1. The molecular formula is C7H10ClN3OS. The fraction of sp³-hybridized carbons (Fsp3) is 0.429. The van der Waals surface area contributed by atoms with Crippen molar-refractivity contribution < 1.29 is 4.79 Å². The number of halogens is 1. The van der Waals surface area contributed by atoms with Gasteiger partial charge in [-0.1, -0.05) is 11.6 Å². The summed E-state index contributed by atoms with van der Waals surface area (Å²) in [4.78, 5) is 16.6. The zero-order valence-corrected chi connectivity index (χ0v) is 8.95. The average molecular weight is 220 g/mol. The molecule has 13 heavy (non-hydrogen) atoms. The molecule has 1 amide bonds. The van der Waals surface area contributed by atoms with Crippen molar-refractivity contribution in [2.75, 3.05) is 26.0 Å². The molecule has 1 N–H and O–H groups in total. The van der Waals surface area contributed by atoms with Crippen molar-refractivity contribution in [1.82, 2.24) is 9.88 Å². The third kappa shape index (κ3) is 3.20. The molecule has 0 fully saturated rings. The summed E-state index contributed by atoms with van der Waals surface area (Å²) in [6.45, 7) is 0.243. The van der Waals surface area contributed by atoms with Crippen molar-refractivity contribution >= 4 is 34.7 Å². The first-order chi connectivity index (χ1) is 6.09. The second kappa shape index (κ2) is 4.43. The monoisotopic (exact) mass is 219 g/mol. The van der Waals surface area contributed by atoms with E-state index in [0.29, 0.717) is 10.3 Å². The molecule has 6 heteroatoms.